The predicted octanol–water partition coefficient (Wildman–Crippen LogP) is 4.11. The molecule has 0 bridgehead atoms. The van der Waals surface area contributed by atoms with Crippen LogP contribution in [-0.2, 0) is 6.42 Å². The number of benzene rings is 1. The van der Waals surface area contributed by atoms with E-state index in [9.17, 15) is 5.11 Å². The second-order valence-corrected chi connectivity index (χ2v) is 7.23. The van der Waals surface area contributed by atoms with E-state index in [1.54, 1.807) is 0 Å². The molecule has 2 aliphatic rings. The van der Waals surface area contributed by atoms with E-state index in [2.05, 4.69) is 12.1 Å². The zero-order valence-corrected chi connectivity index (χ0v) is 12.8. The summed E-state index contributed by atoms with van der Waals surface area (Å²) in [5, 5.41) is 11.3. The van der Waals surface area contributed by atoms with Gasteiger partial charge in [-0.15, -0.1) is 0 Å². The van der Waals surface area contributed by atoms with Crippen LogP contribution >= 0.6 is 11.8 Å². The average molecular weight is 292 g/mol. The third kappa shape index (κ3) is 3.32. The topological polar surface area (TPSA) is 29.5 Å². The van der Waals surface area contributed by atoms with Crippen LogP contribution in [0.25, 0.3) is 0 Å². The Morgan fingerprint density at radius 3 is 2.90 bits per heavy atom. The van der Waals surface area contributed by atoms with Crippen molar-refractivity contribution in [2.45, 2.75) is 56.3 Å². The van der Waals surface area contributed by atoms with Gasteiger partial charge in [0.25, 0.3) is 0 Å². The average Bonchev–Trinajstić information content (AvgIpc) is 2.53. The van der Waals surface area contributed by atoms with Crippen LogP contribution in [0.1, 0.15) is 55.8 Å². The number of hydrogen-bond donors (Lipinski definition) is 1. The SMILES string of the molecule is OC(CSC1CCCCC1)c1cccc2c1OCCC2. The third-order valence-electron chi connectivity index (χ3n) is 4.36. The summed E-state index contributed by atoms with van der Waals surface area (Å²) in [5.74, 6) is 1.75. The molecule has 110 valence electrons. The Kier molecular flexibility index (Phi) is 4.90. The fourth-order valence-corrected chi connectivity index (χ4v) is 4.53. The summed E-state index contributed by atoms with van der Waals surface area (Å²) >= 11 is 1.95. The lowest BCUT2D eigenvalue weighted by atomic mass is 10.00. The molecule has 0 saturated heterocycles. The summed E-state index contributed by atoms with van der Waals surface area (Å²) in [4.78, 5) is 0. The van der Waals surface area contributed by atoms with Crippen molar-refractivity contribution >= 4 is 11.8 Å². The van der Waals surface area contributed by atoms with E-state index < -0.39 is 6.10 Å². The number of aliphatic hydroxyl groups is 1. The standard InChI is InChI=1S/C17H24O2S/c18-16(12-20-14-8-2-1-3-9-14)15-10-4-6-13-7-5-11-19-17(13)15/h4,6,10,14,16,18H,1-3,5,7-9,11-12H2. The maximum Gasteiger partial charge on any atom is 0.128 e. The zero-order valence-electron chi connectivity index (χ0n) is 12.0. The number of thioether (sulfide) groups is 1. The molecule has 1 aliphatic heterocycles. The highest BCUT2D eigenvalue weighted by Crippen LogP contribution is 2.36. The quantitative estimate of drug-likeness (QED) is 0.905. The number of aryl methyl sites for hydroxylation is 1. The van der Waals surface area contributed by atoms with Gasteiger partial charge in [0.15, 0.2) is 0 Å². The highest BCUT2D eigenvalue weighted by molar-refractivity contribution is 7.99. The summed E-state index contributed by atoms with van der Waals surface area (Å²) in [6, 6.07) is 6.20. The van der Waals surface area contributed by atoms with Crippen LogP contribution < -0.4 is 4.74 Å². The van der Waals surface area contributed by atoms with Crippen molar-refractivity contribution in [3.05, 3.63) is 29.3 Å². The second-order valence-electron chi connectivity index (χ2n) is 5.90. The number of aliphatic hydroxyl groups excluding tert-OH is 1. The Balaban J connectivity index is 1.63. The first-order chi connectivity index (χ1) is 9.84. The largest absolute Gasteiger partial charge is 0.493 e. The number of para-hydroxylation sites is 1. The van der Waals surface area contributed by atoms with Crippen molar-refractivity contribution in [2.24, 2.45) is 0 Å². The van der Waals surface area contributed by atoms with E-state index in [0.717, 1.165) is 41.8 Å². The van der Waals surface area contributed by atoms with Gasteiger partial charge in [0.05, 0.1) is 12.7 Å². The molecule has 1 aliphatic carbocycles. The molecule has 3 heteroatoms. The number of hydrogen-bond acceptors (Lipinski definition) is 3. The number of rotatable bonds is 4. The van der Waals surface area contributed by atoms with Crippen LogP contribution in [0, 0.1) is 0 Å². The molecule has 20 heavy (non-hydrogen) atoms. The van der Waals surface area contributed by atoms with Crippen LogP contribution in [0.3, 0.4) is 0 Å². The summed E-state index contributed by atoms with van der Waals surface area (Å²) < 4.78 is 5.80. The van der Waals surface area contributed by atoms with Crippen molar-refractivity contribution in [2.75, 3.05) is 12.4 Å². The van der Waals surface area contributed by atoms with E-state index in [1.807, 2.05) is 17.8 Å². The molecular formula is C17H24O2S. The molecule has 0 aromatic heterocycles. The number of ether oxygens (including phenoxy) is 1. The first-order valence-corrected chi connectivity index (χ1v) is 8.94. The van der Waals surface area contributed by atoms with E-state index in [1.165, 1.54) is 37.7 Å². The third-order valence-corrected chi connectivity index (χ3v) is 5.82. The van der Waals surface area contributed by atoms with Crippen LogP contribution in [0.2, 0.25) is 0 Å². The minimum Gasteiger partial charge on any atom is -0.493 e. The van der Waals surface area contributed by atoms with Gasteiger partial charge in [-0.2, -0.15) is 11.8 Å². The van der Waals surface area contributed by atoms with Gasteiger partial charge in [-0.1, -0.05) is 37.5 Å². The van der Waals surface area contributed by atoms with Gasteiger partial charge < -0.3 is 9.84 Å². The van der Waals surface area contributed by atoms with E-state index in [0.29, 0.717) is 0 Å². The van der Waals surface area contributed by atoms with Crippen molar-refractivity contribution in [3.8, 4) is 5.75 Å². The molecule has 2 nitrogen and oxygen atoms in total. The Hall–Kier alpha value is -0.670. The monoisotopic (exact) mass is 292 g/mol. The summed E-state index contributed by atoms with van der Waals surface area (Å²) in [7, 11) is 0. The Bertz CT molecular complexity index is 441. The molecule has 1 saturated carbocycles. The van der Waals surface area contributed by atoms with Crippen molar-refractivity contribution in [1.82, 2.24) is 0 Å². The maximum atomic E-state index is 10.5. The lowest BCUT2D eigenvalue weighted by Gasteiger charge is -2.25. The molecule has 0 amide bonds. The van der Waals surface area contributed by atoms with Gasteiger partial charge in [-0.05, 0) is 31.2 Å². The van der Waals surface area contributed by atoms with Gasteiger partial charge in [0, 0.05) is 16.6 Å². The fourth-order valence-electron chi connectivity index (χ4n) is 3.23. The first kappa shape index (κ1) is 14.3. The van der Waals surface area contributed by atoms with Gasteiger partial charge in [-0.25, -0.2) is 0 Å². The highest BCUT2D eigenvalue weighted by Gasteiger charge is 2.21. The molecule has 0 radical (unpaired) electrons. The van der Waals surface area contributed by atoms with E-state index in [4.69, 9.17) is 4.74 Å². The summed E-state index contributed by atoms with van der Waals surface area (Å²) in [6.45, 7) is 0.784. The van der Waals surface area contributed by atoms with Gasteiger partial charge >= 0.3 is 0 Å². The Labute approximate surface area is 125 Å². The molecule has 1 unspecified atom stereocenters. The molecule has 1 N–H and O–H groups in total. The van der Waals surface area contributed by atoms with Gasteiger partial charge in [0.1, 0.15) is 5.75 Å². The van der Waals surface area contributed by atoms with Crippen LogP contribution in [0.15, 0.2) is 18.2 Å². The lowest BCUT2D eigenvalue weighted by Crippen LogP contribution is -2.15. The van der Waals surface area contributed by atoms with Crippen molar-refractivity contribution in [3.63, 3.8) is 0 Å². The van der Waals surface area contributed by atoms with Crippen LogP contribution in [0.4, 0.5) is 0 Å². The zero-order chi connectivity index (χ0) is 13.8. The molecule has 1 heterocycles. The molecule has 3 rings (SSSR count). The molecule has 1 atom stereocenters. The van der Waals surface area contributed by atoms with Crippen LogP contribution in [-0.4, -0.2) is 22.7 Å². The van der Waals surface area contributed by atoms with Crippen molar-refractivity contribution in [1.29, 1.82) is 0 Å². The van der Waals surface area contributed by atoms with E-state index in [-0.39, 0.29) is 0 Å². The molecule has 1 aromatic rings. The smallest absolute Gasteiger partial charge is 0.128 e. The number of fused-ring (bicyclic) bond motifs is 1. The Morgan fingerprint density at radius 1 is 1.20 bits per heavy atom. The minimum absolute atomic E-state index is 0.394. The second kappa shape index (κ2) is 6.86. The summed E-state index contributed by atoms with van der Waals surface area (Å²) in [6.07, 6.45) is 8.51. The van der Waals surface area contributed by atoms with Gasteiger partial charge in [-0.3, -0.25) is 0 Å². The predicted molar refractivity (Wildman–Crippen MR) is 84.5 cm³/mol. The van der Waals surface area contributed by atoms with Crippen LogP contribution in [0.5, 0.6) is 5.75 Å². The molecule has 1 fully saturated rings. The molecular weight excluding hydrogens is 268 g/mol. The lowest BCUT2D eigenvalue weighted by molar-refractivity contribution is 0.192. The van der Waals surface area contributed by atoms with E-state index >= 15 is 0 Å². The first-order valence-electron chi connectivity index (χ1n) is 7.89. The minimum atomic E-state index is -0.394. The normalized spacial score (nSPS) is 21.1. The molecule has 0 spiro atoms. The maximum absolute atomic E-state index is 10.5. The fraction of sp³-hybridized carbons (Fsp3) is 0.647. The summed E-state index contributed by atoms with van der Waals surface area (Å²) in [5.41, 5.74) is 2.25. The highest BCUT2D eigenvalue weighted by atomic mass is 32.2. The van der Waals surface area contributed by atoms with Gasteiger partial charge in [0.2, 0.25) is 0 Å². The molecule has 1 aromatic carbocycles. The van der Waals surface area contributed by atoms with Crippen molar-refractivity contribution < 1.29 is 9.84 Å². The Morgan fingerprint density at radius 2 is 2.05 bits per heavy atom.